The van der Waals surface area contributed by atoms with Gasteiger partial charge in [-0.25, -0.2) is 9.78 Å². The van der Waals surface area contributed by atoms with Gasteiger partial charge in [0.2, 0.25) is 0 Å². The zero-order valence-corrected chi connectivity index (χ0v) is 18.5. The molecule has 0 aliphatic carbocycles. The highest BCUT2D eigenvalue weighted by atomic mass is 17.2. The molecule has 0 saturated carbocycles. The van der Waals surface area contributed by atoms with Crippen LogP contribution in [0.1, 0.15) is 94.8 Å². The van der Waals surface area contributed by atoms with Crippen LogP contribution in [0.15, 0.2) is 12.1 Å². The van der Waals surface area contributed by atoms with Gasteiger partial charge in [-0.3, -0.25) is 4.79 Å². The van der Waals surface area contributed by atoms with Crippen molar-refractivity contribution in [2.24, 2.45) is 5.41 Å². The molecule has 0 fully saturated rings. The second-order valence-electron chi connectivity index (χ2n) is 9.47. The Hall–Kier alpha value is -1.19. The Balaban J connectivity index is 3.16. The van der Waals surface area contributed by atoms with Crippen molar-refractivity contribution in [3.8, 4) is 0 Å². The van der Waals surface area contributed by atoms with Crippen molar-refractivity contribution in [1.29, 1.82) is 0 Å². The molecule has 0 spiro atoms. The molecule has 0 saturated heterocycles. The van der Waals surface area contributed by atoms with Crippen LogP contribution in [0.5, 0.6) is 0 Å². The molecule has 0 aromatic heterocycles. The van der Waals surface area contributed by atoms with Crippen molar-refractivity contribution in [3.63, 3.8) is 0 Å². The van der Waals surface area contributed by atoms with Crippen molar-refractivity contribution in [1.82, 2.24) is 0 Å². The van der Waals surface area contributed by atoms with E-state index >= 15 is 0 Å². The SMILES string of the molecule is CCC(CC)(OOC(C)(C)CC(C)(C)C)C(=O)c1c(C)cc(C)cc1C. The lowest BCUT2D eigenvalue weighted by atomic mass is 9.83. The number of hydrogen-bond donors (Lipinski definition) is 0. The summed E-state index contributed by atoms with van der Waals surface area (Å²) in [6.45, 7) is 20.6. The average Bonchev–Trinajstić information content (AvgIpc) is 2.45. The fraction of sp³-hybridized carbons (Fsp3) is 0.696. The van der Waals surface area contributed by atoms with Gasteiger partial charge in [-0.2, -0.15) is 0 Å². The Bertz CT molecular complexity index is 608. The molecule has 1 rings (SSSR count). The molecule has 0 atom stereocenters. The number of ketones is 1. The van der Waals surface area contributed by atoms with E-state index in [1.54, 1.807) is 0 Å². The van der Waals surface area contributed by atoms with Gasteiger partial charge in [0.15, 0.2) is 11.4 Å². The molecule has 0 aliphatic heterocycles. The lowest BCUT2D eigenvalue weighted by molar-refractivity contribution is -0.398. The molecule has 148 valence electrons. The van der Waals surface area contributed by atoms with Crippen LogP contribution in [0.25, 0.3) is 0 Å². The Morgan fingerprint density at radius 3 is 1.73 bits per heavy atom. The molecule has 0 N–H and O–H groups in total. The van der Waals surface area contributed by atoms with Crippen molar-refractivity contribution in [2.45, 2.75) is 99.7 Å². The third-order valence-corrected chi connectivity index (χ3v) is 4.84. The number of rotatable bonds is 8. The molecule has 1 aromatic rings. The second-order valence-corrected chi connectivity index (χ2v) is 9.47. The van der Waals surface area contributed by atoms with E-state index in [4.69, 9.17) is 9.78 Å². The monoisotopic (exact) mass is 362 g/mol. The molecular formula is C23H38O3. The van der Waals surface area contributed by atoms with E-state index in [0.717, 1.165) is 23.1 Å². The maximum atomic E-state index is 13.5. The summed E-state index contributed by atoms with van der Waals surface area (Å²) >= 11 is 0. The quantitative estimate of drug-likeness (QED) is 0.300. The van der Waals surface area contributed by atoms with E-state index < -0.39 is 11.2 Å². The zero-order valence-electron chi connectivity index (χ0n) is 18.5. The largest absolute Gasteiger partial charge is 0.291 e. The fourth-order valence-electron chi connectivity index (χ4n) is 3.99. The van der Waals surface area contributed by atoms with Crippen LogP contribution in [0.4, 0.5) is 0 Å². The Labute approximate surface area is 160 Å². The lowest BCUT2D eigenvalue weighted by Gasteiger charge is -2.36. The molecule has 1 aromatic carbocycles. The van der Waals surface area contributed by atoms with E-state index in [-0.39, 0.29) is 11.2 Å². The zero-order chi connectivity index (χ0) is 20.3. The number of aryl methyl sites for hydroxylation is 3. The second kappa shape index (κ2) is 8.22. The summed E-state index contributed by atoms with van der Waals surface area (Å²) in [4.78, 5) is 25.3. The van der Waals surface area contributed by atoms with E-state index in [0.29, 0.717) is 12.8 Å². The van der Waals surface area contributed by atoms with Gasteiger partial charge in [0, 0.05) is 5.56 Å². The summed E-state index contributed by atoms with van der Waals surface area (Å²) in [6.07, 6.45) is 1.97. The molecule has 0 heterocycles. The van der Waals surface area contributed by atoms with Gasteiger partial charge in [-0.15, -0.1) is 0 Å². The molecule has 0 aliphatic rings. The number of hydrogen-bond acceptors (Lipinski definition) is 3. The molecule has 0 bridgehead atoms. The first-order valence-corrected chi connectivity index (χ1v) is 9.76. The van der Waals surface area contributed by atoms with Crippen molar-refractivity contribution in [3.05, 3.63) is 34.4 Å². The maximum absolute atomic E-state index is 13.5. The molecule has 26 heavy (non-hydrogen) atoms. The predicted molar refractivity (Wildman–Crippen MR) is 109 cm³/mol. The number of benzene rings is 1. The third-order valence-electron chi connectivity index (χ3n) is 4.84. The van der Waals surface area contributed by atoms with Crippen LogP contribution in [-0.4, -0.2) is 17.0 Å². The van der Waals surface area contributed by atoms with E-state index in [2.05, 4.69) is 39.8 Å². The summed E-state index contributed by atoms with van der Waals surface area (Å²) in [6, 6.07) is 4.11. The summed E-state index contributed by atoms with van der Waals surface area (Å²) in [5.74, 6) is 0.0176. The molecular weight excluding hydrogens is 324 g/mol. The number of carbonyl (C=O) groups is 1. The van der Waals surface area contributed by atoms with Crippen molar-refractivity contribution < 1.29 is 14.6 Å². The van der Waals surface area contributed by atoms with Crippen LogP contribution in [0, 0.1) is 26.2 Å². The highest BCUT2D eigenvalue weighted by Crippen LogP contribution is 2.34. The van der Waals surface area contributed by atoms with Gasteiger partial charge in [-0.05, 0) is 70.4 Å². The van der Waals surface area contributed by atoms with Crippen molar-refractivity contribution >= 4 is 5.78 Å². The van der Waals surface area contributed by atoms with E-state index in [9.17, 15) is 4.79 Å². The van der Waals surface area contributed by atoms with Crippen LogP contribution < -0.4 is 0 Å². The lowest BCUT2D eigenvalue weighted by Crippen LogP contribution is -2.44. The third kappa shape index (κ3) is 5.65. The fourth-order valence-corrected chi connectivity index (χ4v) is 3.99. The van der Waals surface area contributed by atoms with Crippen LogP contribution in [0.3, 0.4) is 0 Å². The van der Waals surface area contributed by atoms with Gasteiger partial charge in [0.05, 0.1) is 5.60 Å². The normalized spacial score (nSPS) is 13.2. The summed E-state index contributed by atoms with van der Waals surface area (Å²) in [5.41, 5.74) is 2.61. The summed E-state index contributed by atoms with van der Waals surface area (Å²) in [5, 5.41) is 0. The minimum absolute atomic E-state index is 0.0176. The van der Waals surface area contributed by atoms with Gasteiger partial charge >= 0.3 is 0 Å². The van der Waals surface area contributed by atoms with Crippen LogP contribution in [0.2, 0.25) is 0 Å². The van der Waals surface area contributed by atoms with Crippen molar-refractivity contribution in [2.75, 3.05) is 0 Å². The highest BCUT2D eigenvalue weighted by Gasteiger charge is 2.41. The van der Waals surface area contributed by atoms with Gasteiger partial charge in [0.1, 0.15) is 0 Å². The molecule has 0 unspecified atom stereocenters. The first-order valence-electron chi connectivity index (χ1n) is 9.76. The van der Waals surface area contributed by atoms with Crippen LogP contribution >= 0.6 is 0 Å². The first kappa shape index (κ1) is 22.9. The van der Waals surface area contributed by atoms with Gasteiger partial charge < -0.3 is 0 Å². The average molecular weight is 363 g/mol. The van der Waals surface area contributed by atoms with E-state index in [1.807, 2.05) is 41.5 Å². The number of carbonyl (C=O) groups excluding carboxylic acids is 1. The predicted octanol–water partition coefficient (Wildman–Crippen LogP) is 6.52. The Kier molecular flexibility index (Phi) is 7.23. The Morgan fingerprint density at radius 1 is 0.885 bits per heavy atom. The van der Waals surface area contributed by atoms with Crippen LogP contribution in [-0.2, 0) is 9.78 Å². The molecule has 3 nitrogen and oxygen atoms in total. The molecule has 3 heteroatoms. The van der Waals surface area contributed by atoms with Gasteiger partial charge in [0.25, 0.3) is 0 Å². The molecule has 0 radical (unpaired) electrons. The molecule has 0 amide bonds. The first-order chi connectivity index (χ1) is 11.8. The van der Waals surface area contributed by atoms with E-state index in [1.165, 1.54) is 5.56 Å². The maximum Gasteiger partial charge on any atom is 0.198 e. The summed E-state index contributed by atoms with van der Waals surface area (Å²) < 4.78 is 0. The minimum atomic E-state index is -0.958. The minimum Gasteiger partial charge on any atom is -0.291 e. The Morgan fingerprint density at radius 2 is 1.35 bits per heavy atom. The standard InChI is InChI=1S/C23H38O3/c1-11-23(12-2,26-25-22(9,10)15-21(6,7)8)20(24)19-17(4)13-16(3)14-18(19)5/h13-14H,11-12,15H2,1-10H3. The van der Waals surface area contributed by atoms with Gasteiger partial charge in [-0.1, -0.05) is 52.3 Å². The highest BCUT2D eigenvalue weighted by molar-refractivity contribution is 6.04. The number of Topliss-reactive ketones (excluding diaryl/α,β-unsaturated/α-hetero) is 1. The summed E-state index contributed by atoms with van der Waals surface area (Å²) in [7, 11) is 0. The topological polar surface area (TPSA) is 35.5 Å². The smallest absolute Gasteiger partial charge is 0.198 e.